The van der Waals surface area contributed by atoms with Crippen LogP contribution in [0.1, 0.15) is 27.4 Å². The Kier molecular flexibility index (Phi) is 5.53. The van der Waals surface area contributed by atoms with E-state index in [0.717, 1.165) is 22.0 Å². The first-order valence-electron chi connectivity index (χ1n) is 10.8. The van der Waals surface area contributed by atoms with Crippen molar-refractivity contribution in [3.8, 4) is 5.75 Å². The zero-order valence-electron chi connectivity index (χ0n) is 18.2. The van der Waals surface area contributed by atoms with E-state index in [4.69, 9.17) is 9.47 Å². The number of rotatable bonds is 7. The number of hydrogen-bond donors (Lipinski definition) is 0. The highest BCUT2D eigenvalue weighted by Crippen LogP contribution is 2.36. The van der Waals surface area contributed by atoms with Gasteiger partial charge in [-0.05, 0) is 47.5 Å². The molecule has 4 aromatic rings. The van der Waals surface area contributed by atoms with Gasteiger partial charge in [-0.2, -0.15) is 0 Å². The Labute approximate surface area is 191 Å². The van der Waals surface area contributed by atoms with E-state index in [9.17, 15) is 9.59 Å². The molecule has 1 aromatic heterocycles. The molecule has 33 heavy (non-hydrogen) atoms. The molecule has 0 N–H and O–H groups in total. The van der Waals surface area contributed by atoms with Gasteiger partial charge in [0.05, 0.1) is 13.0 Å². The average molecular weight is 437 g/mol. The minimum Gasteiger partial charge on any atom is -0.497 e. The smallest absolute Gasteiger partial charge is 0.331 e. The van der Waals surface area contributed by atoms with Gasteiger partial charge < -0.3 is 14.0 Å². The van der Waals surface area contributed by atoms with Gasteiger partial charge in [0.2, 0.25) is 0 Å². The van der Waals surface area contributed by atoms with Gasteiger partial charge in [-0.25, -0.2) is 4.79 Å². The van der Waals surface area contributed by atoms with E-state index in [2.05, 4.69) is 16.7 Å². The molecule has 3 aromatic carbocycles. The zero-order valence-corrected chi connectivity index (χ0v) is 18.2. The fourth-order valence-electron chi connectivity index (χ4n) is 4.40. The maximum atomic E-state index is 13.8. The van der Waals surface area contributed by atoms with E-state index in [-0.39, 0.29) is 5.78 Å². The van der Waals surface area contributed by atoms with Crippen LogP contribution in [-0.2, 0) is 16.1 Å². The SMILES string of the molecule is COc1ccc(C(=O)C(c2cn(Cc3ccccc3)c3ccccc23)C2C=CC(=O)O2)cc1. The zero-order chi connectivity index (χ0) is 22.8. The Bertz CT molecular complexity index is 1340. The van der Waals surface area contributed by atoms with Crippen LogP contribution in [0.5, 0.6) is 5.75 Å². The summed E-state index contributed by atoms with van der Waals surface area (Å²) in [5.41, 5.74) is 3.57. The van der Waals surface area contributed by atoms with E-state index in [1.807, 2.05) is 48.7 Å². The highest BCUT2D eigenvalue weighted by Gasteiger charge is 2.36. The Hall–Kier alpha value is -4.12. The number of aromatic nitrogens is 1. The lowest BCUT2D eigenvalue weighted by atomic mass is 9.86. The second-order valence-electron chi connectivity index (χ2n) is 8.05. The summed E-state index contributed by atoms with van der Waals surface area (Å²) in [6.07, 6.45) is 4.42. The maximum Gasteiger partial charge on any atom is 0.331 e. The van der Waals surface area contributed by atoms with Crippen molar-refractivity contribution in [2.75, 3.05) is 7.11 Å². The number of ketones is 1. The van der Waals surface area contributed by atoms with E-state index in [1.54, 1.807) is 37.5 Å². The molecule has 0 bridgehead atoms. The van der Waals surface area contributed by atoms with Gasteiger partial charge in [-0.3, -0.25) is 4.79 Å². The van der Waals surface area contributed by atoms with Crippen molar-refractivity contribution < 1.29 is 19.1 Å². The number of para-hydroxylation sites is 1. The third-order valence-electron chi connectivity index (χ3n) is 6.01. The molecule has 1 aliphatic heterocycles. The molecule has 0 saturated heterocycles. The number of Topliss-reactive ketones (excluding diaryl/α,β-unsaturated/α-hetero) is 1. The third-order valence-corrected chi connectivity index (χ3v) is 6.01. The van der Waals surface area contributed by atoms with E-state index < -0.39 is 18.0 Å². The van der Waals surface area contributed by atoms with Gasteiger partial charge in [0, 0.05) is 35.3 Å². The highest BCUT2D eigenvalue weighted by molar-refractivity contribution is 6.05. The molecule has 2 heterocycles. The number of cyclic esters (lactones) is 1. The van der Waals surface area contributed by atoms with Crippen molar-refractivity contribution in [3.05, 3.63) is 114 Å². The van der Waals surface area contributed by atoms with E-state index >= 15 is 0 Å². The van der Waals surface area contributed by atoms with Gasteiger partial charge in [0.15, 0.2) is 5.78 Å². The molecule has 164 valence electrons. The first kappa shape index (κ1) is 20.8. The number of carbonyl (C=O) groups is 2. The third kappa shape index (κ3) is 4.05. The van der Waals surface area contributed by atoms with E-state index in [0.29, 0.717) is 17.9 Å². The van der Waals surface area contributed by atoms with Crippen LogP contribution < -0.4 is 4.74 Å². The molecular weight excluding hydrogens is 414 g/mol. The first-order valence-corrected chi connectivity index (χ1v) is 10.8. The summed E-state index contributed by atoms with van der Waals surface area (Å²) in [6.45, 7) is 0.672. The molecular formula is C28H23NO4. The van der Waals surface area contributed by atoms with Gasteiger partial charge in [0.1, 0.15) is 11.9 Å². The topological polar surface area (TPSA) is 57.5 Å². The van der Waals surface area contributed by atoms with Crippen LogP contribution >= 0.6 is 0 Å². The second kappa shape index (κ2) is 8.79. The summed E-state index contributed by atoms with van der Waals surface area (Å²) in [5.74, 6) is -0.525. The Morgan fingerprint density at radius 2 is 1.73 bits per heavy atom. The fraction of sp³-hybridized carbons (Fsp3) is 0.143. The molecule has 2 atom stereocenters. The van der Waals surface area contributed by atoms with Crippen LogP contribution in [-0.4, -0.2) is 29.5 Å². The number of methoxy groups -OCH3 is 1. The molecule has 0 aliphatic carbocycles. The van der Waals surface area contributed by atoms with Gasteiger partial charge in [-0.1, -0.05) is 48.5 Å². The lowest BCUT2D eigenvalue weighted by Gasteiger charge is -2.21. The minimum atomic E-state index is -0.664. The van der Waals surface area contributed by atoms with E-state index in [1.165, 1.54) is 6.08 Å². The number of hydrogen-bond acceptors (Lipinski definition) is 4. The van der Waals surface area contributed by atoms with Crippen molar-refractivity contribution in [2.24, 2.45) is 0 Å². The highest BCUT2D eigenvalue weighted by atomic mass is 16.5. The Balaban J connectivity index is 1.61. The number of nitrogens with zero attached hydrogens (tertiary/aromatic N) is 1. The van der Waals surface area contributed by atoms with Crippen molar-refractivity contribution in [1.29, 1.82) is 0 Å². The number of fused-ring (bicyclic) bond motifs is 1. The quantitative estimate of drug-likeness (QED) is 0.297. The molecule has 0 spiro atoms. The van der Waals surface area contributed by atoms with Crippen LogP contribution in [0, 0.1) is 0 Å². The van der Waals surface area contributed by atoms with Crippen LogP contribution in [0.25, 0.3) is 10.9 Å². The number of benzene rings is 3. The largest absolute Gasteiger partial charge is 0.497 e. The standard InChI is InChI=1S/C28H23NO4/c1-32-21-13-11-20(12-14-21)28(31)27(25-15-16-26(30)33-25)23-18-29(17-19-7-3-2-4-8-19)24-10-6-5-9-22(23)24/h2-16,18,25,27H,17H2,1H3. The lowest BCUT2D eigenvalue weighted by molar-refractivity contribution is -0.138. The van der Waals surface area contributed by atoms with Crippen molar-refractivity contribution in [2.45, 2.75) is 18.6 Å². The lowest BCUT2D eigenvalue weighted by Crippen LogP contribution is -2.26. The first-order chi connectivity index (χ1) is 16.1. The summed E-state index contributed by atoms with van der Waals surface area (Å²) in [4.78, 5) is 25.7. The summed E-state index contributed by atoms with van der Waals surface area (Å²) in [5, 5.41) is 0.969. The number of esters is 1. The Morgan fingerprint density at radius 1 is 1.00 bits per heavy atom. The Morgan fingerprint density at radius 3 is 2.42 bits per heavy atom. The maximum absolute atomic E-state index is 13.8. The van der Waals surface area contributed by atoms with Crippen molar-refractivity contribution in [1.82, 2.24) is 4.57 Å². The molecule has 0 fully saturated rings. The summed E-state index contributed by atoms with van der Waals surface area (Å²) in [7, 11) is 1.59. The molecule has 0 saturated carbocycles. The summed E-state index contributed by atoms with van der Waals surface area (Å²) < 4.78 is 12.9. The number of carbonyl (C=O) groups excluding carboxylic acids is 2. The average Bonchev–Trinajstić information content (AvgIpc) is 3.44. The fourth-order valence-corrected chi connectivity index (χ4v) is 4.40. The molecule has 1 aliphatic rings. The van der Waals surface area contributed by atoms with Crippen LogP contribution in [0.3, 0.4) is 0 Å². The van der Waals surface area contributed by atoms with Gasteiger partial charge >= 0.3 is 5.97 Å². The summed E-state index contributed by atoms with van der Waals surface area (Å²) in [6, 6.07) is 25.2. The minimum absolute atomic E-state index is 0.107. The van der Waals surface area contributed by atoms with Crippen molar-refractivity contribution in [3.63, 3.8) is 0 Å². The molecule has 5 nitrogen and oxygen atoms in total. The predicted molar refractivity (Wildman–Crippen MR) is 127 cm³/mol. The molecule has 5 heteroatoms. The number of ether oxygens (including phenoxy) is 2. The van der Waals surface area contributed by atoms with Crippen molar-refractivity contribution >= 4 is 22.7 Å². The molecule has 0 radical (unpaired) electrons. The summed E-state index contributed by atoms with van der Waals surface area (Å²) >= 11 is 0. The monoisotopic (exact) mass is 437 g/mol. The van der Waals surface area contributed by atoms with Gasteiger partial charge in [-0.15, -0.1) is 0 Å². The normalized spacial score (nSPS) is 16.0. The molecule has 5 rings (SSSR count). The molecule has 0 amide bonds. The van der Waals surface area contributed by atoms with Gasteiger partial charge in [0.25, 0.3) is 0 Å². The molecule has 2 unspecified atom stereocenters. The predicted octanol–water partition coefficient (Wildman–Crippen LogP) is 5.15. The second-order valence-corrected chi connectivity index (χ2v) is 8.05. The van der Waals surface area contributed by atoms with Crippen LogP contribution in [0.2, 0.25) is 0 Å². The van der Waals surface area contributed by atoms with Crippen LogP contribution in [0.4, 0.5) is 0 Å². The van der Waals surface area contributed by atoms with Crippen LogP contribution in [0.15, 0.2) is 97.2 Å².